The highest BCUT2D eigenvalue weighted by atomic mass is 32.2. The normalized spacial score (nSPS) is 18.9. The minimum atomic E-state index is -3.91. The molecule has 0 aromatic heterocycles. The molecule has 2 aromatic rings. The van der Waals surface area contributed by atoms with Crippen molar-refractivity contribution in [3.63, 3.8) is 0 Å². The van der Waals surface area contributed by atoms with E-state index in [0.717, 1.165) is 24.8 Å². The van der Waals surface area contributed by atoms with Crippen LogP contribution in [0.1, 0.15) is 36.5 Å². The first kappa shape index (κ1) is 19.8. The van der Waals surface area contributed by atoms with Gasteiger partial charge in [-0.15, -0.1) is 0 Å². The average molecular weight is 392 g/mol. The van der Waals surface area contributed by atoms with Crippen molar-refractivity contribution < 1.29 is 27.2 Å². The monoisotopic (exact) mass is 392 g/mol. The third-order valence-electron chi connectivity index (χ3n) is 4.38. The molecule has 6 nitrogen and oxygen atoms in total. The fourth-order valence-corrected chi connectivity index (χ4v) is 3.77. The Kier molecular flexibility index (Phi) is 6.49. The molecule has 1 fully saturated rings. The molecular formula is C20H24O6S. The third-order valence-corrected chi connectivity index (χ3v) is 5.68. The minimum Gasteiger partial charge on any atom is -0.508 e. The van der Waals surface area contributed by atoms with Gasteiger partial charge in [0.15, 0.2) is 6.29 Å². The second-order valence-electron chi connectivity index (χ2n) is 6.57. The van der Waals surface area contributed by atoms with Gasteiger partial charge in [-0.05, 0) is 56.0 Å². The molecule has 3 rings (SSSR count). The van der Waals surface area contributed by atoms with Crippen LogP contribution < -0.4 is 0 Å². The predicted molar refractivity (Wildman–Crippen MR) is 99.8 cm³/mol. The number of phenolic OH excluding ortho intramolecular Hbond substituents is 1. The zero-order chi connectivity index (χ0) is 19.3. The Morgan fingerprint density at radius 3 is 2.63 bits per heavy atom. The summed E-state index contributed by atoms with van der Waals surface area (Å²) >= 11 is 0. The highest BCUT2D eigenvalue weighted by Crippen LogP contribution is 2.27. The quantitative estimate of drug-likeness (QED) is 0.724. The lowest BCUT2D eigenvalue weighted by Gasteiger charge is -2.28. The Balaban J connectivity index is 1.75. The van der Waals surface area contributed by atoms with Crippen LogP contribution in [0.2, 0.25) is 0 Å². The Labute approximate surface area is 159 Å². The zero-order valence-corrected chi connectivity index (χ0v) is 16.0. The van der Waals surface area contributed by atoms with Crippen molar-refractivity contribution in [3.05, 3.63) is 59.7 Å². The average Bonchev–Trinajstić information content (AvgIpc) is 2.66. The molecule has 2 unspecified atom stereocenters. The van der Waals surface area contributed by atoms with Crippen molar-refractivity contribution in [2.45, 2.75) is 43.5 Å². The molecule has 0 radical (unpaired) electrons. The zero-order valence-electron chi connectivity index (χ0n) is 15.2. The molecule has 1 heterocycles. The summed E-state index contributed by atoms with van der Waals surface area (Å²) in [6.45, 7) is 2.28. The minimum absolute atomic E-state index is 0.0760. The Hall–Kier alpha value is -1.93. The fraction of sp³-hybridized carbons (Fsp3) is 0.400. The van der Waals surface area contributed by atoms with E-state index >= 15 is 0 Å². The fourth-order valence-electron chi connectivity index (χ4n) is 2.87. The van der Waals surface area contributed by atoms with Crippen molar-refractivity contribution in [2.75, 3.05) is 13.2 Å². The van der Waals surface area contributed by atoms with Crippen LogP contribution in [-0.2, 0) is 23.8 Å². The molecule has 1 aliphatic heterocycles. The highest BCUT2D eigenvalue weighted by Gasteiger charge is 2.25. The number of hydrogen-bond donors (Lipinski definition) is 1. The molecule has 0 spiro atoms. The first-order valence-corrected chi connectivity index (χ1v) is 10.4. The van der Waals surface area contributed by atoms with Gasteiger partial charge in [0.05, 0.1) is 11.5 Å². The molecule has 2 atom stereocenters. The Bertz CT molecular complexity index is 841. The summed E-state index contributed by atoms with van der Waals surface area (Å²) in [7, 11) is -3.91. The Morgan fingerprint density at radius 1 is 1.19 bits per heavy atom. The summed E-state index contributed by atoms with van der Waals surface area (Å²) in [6, 6.07) is 13.0. The van der Waals surface area contributed by atoms with Crippen LogP contribution in [0.3, 0.4) is 0 Å². The van der Waals surface area contributed by atoms with Gasteiger partial charge >= 0.3 is 0 Å². The molecule has 146 valence electrons. The summed E-state index contributed by atoms with van der Waals surface area (Å²) in [5, 5.41) is 9.75. The lowest BCUT2D eigenvalue weighted by molar-refractivity contribution is -0.195. The van der Waals surface area contributed by atoms with E-state index in [1.807, 2.05) is 6.92 Å². The first-order chi connectivity index (χ1) is 12.9. The van der Waals surface area contributed by atoms with Gasteiger partial charge in [0.25, 0.3) is 10.1 Å². The van der Waals surface area contributed by atoms with Gasteiger partial charge < -0.3 is 14.6 Å². The summed E-state index contributed by atoms with van der Waals surface area (Å²) in [6.07, 6.45) is 1.60. The van der Waals surface area contributed by atoms with E-state index in [2.05, 4.69) is 0 Å². The molecule has 0 aliphatic carbocycles. The van der Waals surface area contributed by atoms with Crippen LogP contribution in [0, 0.1) is 6.92 Å². The van der Waals surface area contributed by atoms with Gasteiger partial charge in [0.1, 0.15) is 11.9 Å². The number of phenols is 1. The summed E-state index contributed by atoms with van der Waals surface area (Å²) in [5.74, 6) is 0.0760. The van der Waals surface area contributed by atoms with Gasteiger partial charge in [0, 0.05) is 6.61 Å². The number of benzene rings is 2. The van der Waals surface area contributed by atoms with Crippen molar-refractivity contribution in [1.82, 2.24) is 0 Å². The Morgan fingerprint density at radius 2 is 1.96 bits per heavy atom. The standard InChI is InChI=1S/C20H24O6S/c1-15-8-10-18(11-9-15)27(22,23)25-14-19(16-5-4-6-17(21)13-16)26-20-7-2-3-12-24-20/h4-6,8-11,13,19-21H,2-3,7,12,14H2,1H3. The van der Waals surface area contributed by atoms with Crippen LogP contribution in [0.4, 0.5) is 0 Å². The molecule has 1 N–H and O–H groups in total. The molecule has 0 saturated carbocycles. The molecule has 1 saturated heterocycles. The number of aromatic hydroxyl groups is 1. The summed E-state index contributed by atoms with van der Waals surface area (Å²) in [4.78, 5) is 0.0941. The number of aryl methyl sites for hydroxylation is 1. The van der Waals surface area contributed by atoms with Gasteiger partial charge in [0.2, 0.25) is 0 Å². The van der Waals surface area contributed by atoms with E-state index in [-0.39, 0.29) is 17.3 Å². The van der Waals surface area contributed by atoms with Crippen LogP contribution in [0.25, 0.3) is 0 Å². The first-order valence-electron chi connectivity index (χ1n) is 8.96. The van der Waals surface area contributed by atoms with Crippen molar-refractivity contribution >= 4 is 10.1 Å². The molecule has 0 amide bonds. The van der Waals surface area contributed by atoms with Crippen molar-refractivity contribution in [1.29, 1.82) is 0 Å². The molecule has 27 heavy (non-hydrogen) atoms. The molecule has 7 heteroatoms. The van der Waals surface area contributed by atoms with E-state index in [1.165, 1.54) is 18.2 Å². The predicted octanol–water partition coefficient (Wildman–Crippen LogP) is 3.69. The van der Waals surface area contributed by atoms with Gasteiger partial charge in [-0.2, -0.15) is 8.42 Å². The third kappa shape index (κ3) is 5.52. The summed E-state index contributed by atoms with van der Waals surface area (Å²) < 4.78 is 41.8. The lowest BCUT2D eigenvalue weighted by Crippen LogP contribution is -2.27. The number of ether oxygens (including phenoxy) is 2. The van der Waals surface area contributed by atoms with E-state index in [1.54, 1.807) is 30.3 Å². The maximum Gasteiger partial charge on any atom is 0.297 e. The van der Waals surface area contributed by atoms with Crippen molar-refractivity contribution in [3.8, 4) is 5.75 Å². The highest BCUT2D eigenvalue weighted by molar-refractivity contribution is 7.86. The van der Waals surface area contributed by atoms with E-state index in [9.17, 15) is 13.5 Å². The van der Waals surface area contributed by atoms with Crippen LogP contribution in [0.5, 0.6) is 5.75 Å². The van der Waals surface area contributed by atoms with Crippen LogP contribution in [0.15, 0.2) is 53.4 Å². The van der Waals surface area contributed by atoms with Gasteiger partial charge in [-0.1, -0.05) is 29.8 Å². The van der Waals surface area contributed by atoms with E-state index in [0.29, 0.717) is 12.2 Å². The largest absolute Gasteiger partial charge is 0.508 e. The van der Waals surface area contributed by atoms with E-state index in [4.69, 9.17) is 13.7 Å². The molecule has 1 aliphatic rings. The number of hydrogen-bond acceptors (Lipinski definition) is 6. The molecule has 0 bridgehead atoms. The maximum atomic E-state index is 12.5. The second kappa shape index (κ2) is 8.84. The molecule has 2 aromatic carbocycles. The van der Waals surface area contributed by atoms with Crippen LogP contribution in [-0.4, -0.2) is 33.0 Å². The maximum absolute atomic E-state index is 12.5. The van der Waals surface area contributed by atoms with Gasteiger partial charge in [-0.3, -0.25) is 4.18 Å². The summed E-state index contributed by atoms with van der Waals surface area (Å²) in [5.41, 5.74) is 1.59. The van der Waals surface area contributed by atoms with Crippen LogP contribution >= 0.6 is 0 Å². The smallest absolute Gasteiger partial charge is 0.297 e. The lowest BCUT2D eigenvalue weighted by atomic mass is 10.1. The second-order valence-corrected chi connectivity index (χ2v) is 8.18. The number of rotatable bonds is 7. The van der Waals surface area contributed by atoms with Crippen molar-refractivity contribution in [2.24, 2.45) is 0 Å². The SMILES string of the molecule is Cc1ccc(S(=O)(=O)OCC(OC2CCCCO2)c2cccc(O)c2)cc1. The van der Waals surface area contributed by atoms with E-state index < -0.39 is 22.5 Å². The van der Waals surface area contributed by atoms with Gasteiger partial charge in [-0.25, -0.2) is 0 Å². The topological polar surface area (TPSA) is 82.1 Å². The molecular weight excluding hydrogens is 368 g/mol.